The number of non-ortho nitro benzene ring substituents is 1. The summed E-state index contributed by atoms with van der Waals surface area (Å²) in [5.74, 6) is -0.801. The van der Waals surface area contributed by atoms with E-state index in [0.717, 1.165) is 12.8 Å². The first-order valence-electron chi connectivity index (χ1n) is 6.85. The predicted molar refractivity (Wildman–Crippen MR) is 75.4 cm³/mol. The summed E-state index contributed by atoms with van der Waals surface area (Å²) in [5, 5.41) is 22.0. The molecule has 1 amide bonds. The van der Waals surface area contributed by atoms with Crippen LogP contribution in [0.4, 0.5) is 10.5 Å². The van der Waals surface area contributed by atoms with Gasteiger partial charge in [-0.15, -0.1) is 0 Å². The highest BCUT2D eigenvalue weighted by atomic mass is 16.6. The Morgan fingerprint density at radius 2 is 2.00 bits per heavy atom. The third-order valence-electron chi connectivity index (χ3n) is 3.32. The number of ether oxygens (including phenoxy) is 1. The van der Waals surface area contributed by atoms with Gasteiger partial charge in [-0.3, -0.25) is 10.1 Å². The number of nitro groups is 1. The first-order valence-corrected chi connectivity index (χ1v) is 6.85. The summed E-state index contributed by atoms with van der Waals surface area (Å²) >= 11 is 0. The Hall–Kier alpha value is -2.64. The summed E-state index contributed by atoms with van der Waals surface area (Å²) in [5.41, 5.74) is 0.493. The van der Waals surface area contributed by atoms with Gasteiger partial charge in [0.15, 0.2) is 0 Å². The van der Waals surface area contributed by atoms with Gasteiger partial charge in [0.2, 0.25) is 0 Å². The van der Waals surface area contributed by atoms with Gasteiger partial charge < -0.3 is 15.2 Å². The van der Waals surface area contributed by atoms with Crippen LogP contribution in [-0.2, 0) is 16.0 Å². The number of nitrogens with one attached hydrogen (secondary N) is 1. The summed E-state index contributed by atoms with van der Waals surface area (Å²) < 4.78 is 4.93. The first kappa shape index (κ1) is 15.7. The second-order valence-corrected chi connectivity index (χ2v) is 5.20. The Morgan fingerprint density at radius 1 is 1.36 bits per heavy atom. The van der Waals surface area contributed by atoms with E-state index in [1.165, 1.54) is 24.3 Å². The van der Waals surface area contributed by atoms with Crippen LogP contribution in [0.15, 0.2) is 24.3 Å². The number of aliphatic carboxylic acids is 1. The smallest absolute Gasteiger partial charge is 0.407 e. The summed E-state index contributed by atoms with van der Waals surface area (Å²) in [6.07, 6.45) is 1.31. The van der Waals surface area contributed by atoms with Crippen molar-refractivity contribution in [3.63, 3.8) is 0 Å². The second-order valence-electron chi connectivity index (χ2n) is 5.20. The second kappa shape index (κ2) is 6.88. The molecule has 1 unspecified atom stereocenters. The topological polar surface area (TPSA) is 119 Å². The molecule has 8 nitrogen and oxygen atoms in total. The minimum absolute atomic E-state index is 0.0197. The van der Waals surface area contributed by atoms with Crippen LogP contribution in [0, 0.1) is 16.0 Å². The summed E-state index contributed by atoms with van der Waals surface area (Å²) in [6.45, 7) is 0.301. The fraction of sp³-hybridized carbons (Fsp3) is 0.429. The fourth-order valence-electron chi connectivity index (χ4n) is 1.85. The SMILES string of the molecule is O=C(NC(Cc1ccc([N+](=O)[O-])cc1)C(=O)O)OCC1CC1. The normalized spacial score (nSPS) is 14.9. The van der Waals surface area contributed by atoms with Crippen LogP contribution in [0.25, 0.3) is 0 Å². The van der Waals surface area contributed by atoms with Gasteiger partial charge in [0.25, 0.3) is 5.69 Å². The Labute approximate surface area is 126 Å². The number of carboxylic acids is 1. The molecule has 0 radical (unpaired) electrons. The summed E-state index contributed by atoms with van der Waals surface area (Å²) in [4.78, 5) is 32.7. The van der Waals surface area contributed by atoms with Crippen molar-refractivity contribution in [2.75, 3.05) is 6.61 Å². The summed E-state index contributed by atoms with van der Waals surface area (Å²) in [6, 6.07) is 4.36. The molecule has 0 heterocycles. The van der Waals surface area contributed by atoms with Crippen LogP contribution in [0.5, 0.6) is 0 Å². The van der Waals surface area contributed by atoms with Crippen molar-refractivity contribution in [3.05, 3.63) is 39.9 Å². The number of rotatable bonds is 7. The molecular formula is C14H16N2O6. The highest BCUT2D eigenvalue weighted by Crippen LogP contribution is 2.28. The maximum atomic E-state index is 11.5. The zero-order valence-corrected chi connectivity index (χ0v) is 11.7. The number of carbonyl (C=O) groups is 2. The van der Waals surface area contributed by atoms with Crippen LogP contribution >= 0.6 is 0 Å². The van der Waals surface area contributed by atoms with Crippen LogP contribution in [0.1, 0.15) is 18.4 Å². The fourth-order valence-corrected chi connectivity index (χ4v) is 1.85. The lowest BCUT2D eigenvalue weighted by atomic mass is 10.1. The van der Waals surface area contributed by atoms with Crippen molar-refractivity contribution >= 4 is 17.7 Å². The predicted octanol–water partition coefficient (Wildman–Crippen LogP) is 1.73. The molecule has 118 valence electrons. The molecule has 1 saturated carbocycles. The maximum absolute atomic E-state index is 11.5. The van der Waals surface area contributed by atoms with Crippen molar-refractivity contribution < 1.29 is 24.4 Å². The maximum Gasteiger partial charge on any atom is 0.407 e. The number of benzene rings is 1. The van der Waals surface area contributed by atoms with Crippen molar-refractivity contribution in [2.24, 2.45) is 5.92 Å². The largest absolute Gasteiger partial charge is 0.480 e. The lowest BCUT2D eigenvalue weighted by Gasteiger charge is -2.14. The zero-order valence-electron chi connectivity index (χ0n) is 11.7. The number of carboxylic acid groups (broad SMARTS) is 1. The van der Waals surface area contributed by atoms with Gasteiger partial charge in [-0.1, -0.05) is 12.1 Å². The molecule has 22 heavy (non-hydrogen) atoms. The number of amides is 1. The van der Waals surface area contributed by atoms with Crippen LogP contribution in [-0.4, -0.2) is 34.7 Å². The molecule has 8 heteroatoms. The third-order valence-corrected chi connectivity index (χ3v) is 3.32. The van der Waals surface area contributed by atoms with Crippen LogP contribution < -0.4 is 5.32 Å². The van der Waals surface area contributed by atoms with E-state index >= 15 is 0 Å². The number of nitro benzene ring substituents is 1. The van der Waals surface area contributed by atoms with Gasteiger partial charge in [-0.05, 0) is 24.3 Å². The molecule has 1 atom stereocenters. The van der Waals surface area contributed by atoms with Crippen molar-refractivity contribution in [1.82, 2.24) is 5.32 Å². The molecule has 2 N–H and O–H groups in total. The highest BCUT2D eigenvalue weighted by molar-refractivity contribution is 5.80. The molecule has 0 aliphatic heterocycles. The van der Waals surface area contributed by atoms with E-state index in [1.54, 1.807) is 0 Å². The third kappa shape index (κ3) is 4.72. The molecule has 0 bridgehead atoms. The molecule has 1 aromatic rings. The summed E-state index contributed by atoms with van der Waals surface area (Å²) in [7, 11) is 0. The van der Waals surface area contributed by atoms with E-state index < -0.39 is 23.0 Å². The Kier molecular flexibility index (Phi) is 4.92. The zero-order chi connectivity index (χ0) is 16.1. The van der Waals surface area contributed by atoms with Crippen molar-refractivity contribution in [3.8, 4) is 0 Å². The van der Waals surface area contributed by atoms with E-state index in [0.29, 0.717) is 18.1 Å². The molecule has 1 aliphatic carbocycles. The molecule has 0 spiro atoms. The van der Waals surface area contributed by atoms with E-state index in [2.05, 4.69) is 5.32 Å². The molecular weight excluding hydrogens is 292 g/mol. The first-order chi connectivity index (χ1) is 10.5. The molecule has 0 saturated heterocycles. The van der Waals surface area contributed by atoms with Gasteiger partial charge in [-0.25, -0.2) is 9.59 Å². The van der Waals surface area contributed by atoms with E-state index in [-0.39, 0.29) is 12.1 Å². The number of hydrogen-bond acceptors (Lipinski definition) is 5. The van der Waals surface area contributed by atoms with Gasteiger partial charge in [0.05, 0.1) is 11.5 Å². The molecule has 1 aliphatic rings. The monoisotopic (exact) mass is 308 g/mol. The van der Waals surface area contributed by atoms with E-state index in [4.69, 9.17) is 9.84 Å². The minimum Gasteiger partial charge on any atom is -0.480 e. The van der Waals surface area contributed by atoms with Crippen LogP contribution in [0.3, 0.4) is 0 Å². The molecule has 1 aromatic carbocycles. The van der Waals surface area contributed by atoms with E-state index in [9.17, 15) is 19.7 Å². The average molecular weight is 308 g/mol. The van der Waals surface area contributed by atoms with E-state index in [1.807, 2.05) is 0 Å². The van der Waals surface area contributed by atoms with Crippen LogP contribution in [0.2, 0.25) is 0 Å². The Balaban J connectivity index is 1.90. The molecule has 2 rings (SSSR count). The number of nitrogens with zero attached hydrogens (tertiary/aromatic N) is 1. The molecule has 1 fully saturated rings. The van der Waals surface area contributed by atoms with Gasteiger partial charge in [0, 0.05) is 18.6 Å². The van der Waals surface area contributed by atoms with Crippen molar-refractivity contribution in [1.29, 1.82) is 0 Å². The minimum atomic E-state index is -1.19. The molecule has 0 aromatic heterocycles. The Bertz CT molecular complexity index is 567. The lowest BCUT2D eigenvalue weighted by Crippen LogP contribution is -2.42. The van der Waals surface area contributed by atoms with Gasteiger partial charge in [0.1, 0.15) is 6.04 Å². The Morgan fingerprint density at radius 3 is 2.50 bits per heavy atom. The van der Waals surface area contributed by atoms with Gasteiger partial charge in [-0.2, -0.15) is 0 Å². The standard InChI is InChI=1S/C14H16N2O6/c17-13(18)12(15-14(19)22-8-10-1-2-10)7-9-3-5-11(6-4-9)16(20)21/h3-6,10,12H,1-2,7-8H2,(H,15,19)(H,17,18). The number of carbonyl (C=O) groups excluding carboxylic acids is 1. The highest BCUT2D eigenvalue weighted by Gasteiger charge is 2.25. The average Bonchev–Trinajstić information content (AvgIpc) is 3.29. The van der Waals surface area contributed by atoms with Gasteiger partial charge >= 0.3 is 12.1 Å². The number of hydrogen-bond donors (Lipinski definition) is 2. The van der Waals surface area contributed by atoms with Crippen molar-refractivity contribution in [2.45, 2.75) is 25.3 Å². The quantitative estimate of drug-likeness (QED) is 0.585. The number of alkyl carbamates (subject to hydrolysis) is 1. The lowest BCUT2D eigenvalue weighted by molar-refractivity contribution is -0.384.